The van der Waals surface area contributed by atoms with Crippen LogP contribution >= 0.6 is 11.6 Å². The molecule has 2 fully saturated rings. The van der Waals surface area contributed by atoms with Gasteiger partial charge in [0.2, 0.25) is 0 Å². The number of amides is 2. The number of benzene rings is 1. The zero-order valence-corrected chi connectivity index (χ0v) is 11.6. The van der Waals surface area contributed by atoms with Crippen LogP contribution in [0.2, 0.25) is 5.02 Å². The monoisotopic (exact) mass is 293 g/mol. The first-order valence-corrected chi connectivity index (χ1v) is 6.91. The van der Waals surface area contributed by atoms with Crippen LogP contribution in [0.15, 0.2) is 24.3 Å². The zero-order valence-electron chi connectivity index (χ0n) is 10.8. The molecule has 1 spiro atoms. The van der Waals surface area contributed by atoms with Crippen molar-refractivity contribution in [3.8, 4) is 0 Å². The first-order chi connectivity index (χ1) is 9.57. The van der Waals surface area contributed by atoms with Crippen LogP contribution in [-0.2, 0) is 16.1 Å². The Morgan fingerprint density at radius 2 is 1.85 bits per heavy atom. The maximum absolute atomic E-state index is 11.7. The molecule has 105 valence electrons. The van der Waals surface area contributed by atoms with Crippen LogP contribution in [-0.4, -0.2) is 35.6 Å². The molecule has 0 aliphatic carbocycles. The standard InChI is InChI=1S/C14H14ClN2O3/c15-11-3-1-10(2-4-11)9-17-7-5-14(6-8-17)12(18)16-13(19)20-14/h1-4H,5-9H2. The molecule has 6 heteroatoms. The molecule has 2 saturated heterocycles. The van der Waals surface area contributed by atoms with E-state index in [1.54, 1.807) is 0 Å². The third-order valence-corrected chi connectivity index (χ3v) is 4.10. The van der Waals surface area contributed by atoms with Gasteiger partial charge in [-0.3, -0.25) is 9.69 Å². The van der Waals surface area contributed by atoms with Gasteiger partial charge in [0.25, 0.3) is 5.91 Å². The van der Waals surface area contributed by atoms with Crippen LogP contribution in [0.25, 0.3) is 0 Å². The van der Waals surface area contributed by atoms with Crippen molar-refractivity contribution >= 4 is 23.6 Å². The van der Waals surface area contributed by atoms with Gasteiger partial charge in [0.15, 0.2) is 5.60 Å². The lowest BCUT2D eigenvalue weighted by molar-refractivity contribution is -0.135. The van der Waals surface area contributed by atoms with Gasteiger partial charge in [-0.2, -0.15) is 0 Å². The normalized spacial score (nSPS) is 21.9. The molecule has 1 radical (unpaired) electrons. The summed E-state index contributed by atoms with van der Waals surface area (Å²) in [4.78, 5) is 25.0. The number of rotatable bonds is 2. The van der Waals surface area contributed by atoms with Crippen molar-refractivity contribution in [2.45, 2.75) is 25.0 Å². The highest BCUT2D eigenvalue weighted by Gasteiger charge is 2.51. The average molecular weight is 294 g/mol. The molecule has 1 aromatic rings. The molecule has 2 aliphatic heterocycles. The van der Waals surface area contributed by atoms with Crippen LogP contribution in [0.3, 0.4) is 0 Å². The molecule has 5 nitrogen and oxygen atoms in total. The molecule has 0 saturated carbocycles. The SMILES string of the molecule is O=C1[N]C(=O)C2(CCN(Cc3ccc(Cl)cc3)CC2)O1. The van der Waals surface area contributed by atoms with Crippen molar-refractivity contribution in [1.29, 1.82) is 0 Å². The van der Waals surface area contributed by atoms with Gasteiger partial charge in [-0.25, -0.2) is 4.79 Å². The number of imide groups is 1. The van der Waals surface area contributed by atoms with Gasteiger partial charge >= 0.3 is 6.09 Å². The summed E-state index contributed by atoms with van der Waals surface area (Å²) in [6, 6.07) is 7.71. The van der Waals surface area contributed by atoms with Crippen molar-refractivity contribution in [3.05, 3.63) is 34.9 Å². The Hall–Kier alpha value is -1.59. The summed E-state index contributed by atoms with van der Waals surface area (Å²) in [5.41, 5.74) is 0.179. The number of hydrogen-bond donors (Lipinski definition) is 0. The average Bonchev–Trinajstić information content (AvgIpc) is 2.70. The Kier molecular flexibility index (Phi) is 3.40. The van der Waals surface area contributed by atoms with Gasteiger partial charge in [0.05, 0.1) is 0 Å². The predicted octanol–water partition coefficient (Wildman–Crippen LogP) is 1.96. The summed E-state index contributed by atoms with van der Waals surface area (Å²) in [6.07, 6.45) is 0.268. The van der Waals surface area contributed by atoms with Crippen molar-refractivity contribution in [2.75, 3.05) is 13.1 Å². The van der Waals surface area contributed by atoms with E-state index >= 15 is 0 Å². The number of ether oxygens (including phenoxy) is 1. The van der Waals surface area contributed by atoms with E-state index in [1.807, 2.05) is 24.3 Å². The lowest BCUT2D eigenvalue weighted by Gasteiger charge is -2.35. The summed E-state index contributed by atoms with van der Waals surface area (Å²) in [5, 5.41) is 4.07. The minimum Gasteiger partial charge on any atom is -0.431 e. The third kappa shape index (κ3) is 2.51. The molecule has 3 rings (SSSR count). The zero-order chi connectivity index (χ0) is 14.2. The number of carbonyl (C=O) groups excluding carboxylic acids is 2. The van der Waals surface area contributed by atoms with Crippen LogP contribution in [0, 0.1) is 0 Å². The van der Waals surface area contributed by atoms with Crippen LogP contribution < -0.4 is 5.32 Å². The smallest absolute Gasteiger partial charge is 0.431 e. The van der Waals surface area contributed by atoms with Crippen LogP contribution in [0.1, 0.15) is 18.4 Å². The molecule has 2 heterocycles. The molecular weight excluding hydrogens is 280 g/mol. The Bertz CT molecular complexity index is 536. The van der Waals surface area contributed by atoms with E-state index < -0.39 is 17.6 Å². The van der Waals surface area contributed by atoms with Gasteiger partial charge in [-0.05, 0) is 17.7 Å². The van der Waals surface area contributed by atoms with E-state index in [9.17, 15) is 9.59 Å². The first kappa shape index (κ1) is 13.4. The minimum atomic E-state index is -0.992. The molecular formula is C14H14ClN2O3. The second kappa shape index (κ2) is 5.07. The number of hydrogen-bond acceptors (Lipinski definition) is 4. The molecule has 20 heavy (non-hydrogen) atoms. The second-order valence-electron chi connectivity index (χ2n) is 5.18. The van der Waals surface area contributed by atoms with E-state index in [-0.39, 0.29) is 0 Å². The van der Waals surface area contributed by atoms with E-state index in [0.717, 1.165) is 11.6 Å². The second-order valence-corrected chi connectivity index (χ2v) is 5.62. The van der Waals surface area contributed by atoms with Gasteiger partial charge in [-0.1, -0.05) is 23.7 Å². The number of piperidine rings is 1. The highest BCUT2D eigenvalue weighted by atomic mass is 35.5. The summed E-state index contributed by atoms with van der Waals surface area (Å²) >= 11 is 5.86. The molecule has 0 unspecified atom stereocenters. The summed E-state index contributed by atoms with van der Waals surface area (Å²) in [6.45, 7) is 2.21. The van der Waals surface area contributed by atoms with Crippen molar-refractivity contribution in [3.63, 3.8) is 0 Å². The molecule has 0 N–H and O–H groups in total. The Balaban J connectivity index is 1.60. The first-order valence-electron chi connectivity index (χ1n) is 6.53. The van der Waals surface area contributed by atoms with Crippen LogP contribution in [0.5, 0.6) is 0 Å². The van der Waals surface area contributed by atoms with E-state index in [2.05, 4.69) is 10.2 Å². The van der Waals surface area contributed by atoms with Crippen molar-refractivity contribution in [2.24, 2.45) is 0 Å². The minimum absolute atomic E-state index is 0.423. The lowest BCUT2D eigenvalue weighted by Crippen LogP contribution is -2.48. The molecule has 0 bridgehead atoms. The fraction of sp³-hybridized carbons (Fsp3) is 0.429. The largest absolute Gasteiger partial charge is 0.437 e. The number of halogens is 1. The maximum atomic E-state index is 11.7. The van der Waals surface area contributed by atoms with Gasteiger partial charge < -0.3 is 4.74 Å². The molecule has 0 aromatic heterocycles. The Labute approximate surface area is 121 Å². The Morgan fingerprint density at radius 3 is 2.40 bits per heavy atom. The van der Waals surface area contributed by atoms with Crippen molar-refractivity contribution < 1.29 is 14.3 Å². The number of likely N-dealkylation sites (tertiary alicyclic amines) is 1. The fourth-order valence-electron chi connectivity index (χ4n) is 2.65. The summed E-state index contributed by atoms with van der Waals surface area (Å²) in [5.74, 6) is -0.423. The van der Waals surface area contributed by atoms with Gasteiger partial charge in [0.1, 0.15) is 0 Å². The highest BCUT2D eigenvalue weighted by molar-refractivity contribution is 6.30. The third-order valence-electron chi connectivity index (χ3n) is 3.85. The summed E-state index contributed by atoms with van der Waals surface area (Å²) in [7, 11) is 0. The van der Waals surface area contributed by atoms with Gasteiger partial charge in [0, 0.05) is 37.5 Å². The molecule has 1 aromatic carbocycles. The molecule has 2 amide bonds. The maximum Gasteiger partial charge on any atom is 0.437 e. The lowest BCUT2D eigenvalue weighted by atomic mass is 9.90. The molecule has 0 atom stereocenters. The number of carbonyl (C=O) groups is 2. The topological polar surface area (TPSA) is 60.7 Å². The number of nitrogens with zero attached hydrogens (tertiary/aromatic N) is 2. The molecule has 2 aliphatic rings. The summed E-state index contributed by atoms with van der Waals surface area (Å²) < 4.78 is 5.12. The highest BCUT2D eigenvalue weighted by Crippen LogP contribution is 2.31. The van der Waals surface area contributed by atoms with E-state index in [0.29, 0.717) is 25.9 Å². The van der Waals surface area contributed by atoms with E-state index in [4.69, 9.17) is 16.3 Å². The quantitative estimate of drug-likeness (QED) is 0.836. The van der Waals surface area contributed by atoms with Crippen LogP contribution in [0.4, 0.5) is 4.79 Å². The fourth-order valence-corrected chi connectivity index (χ4v) is 2.78. The van der Waals surface area contributed by atoms with Crippen molar-refractivity contribution in [1.82, 2.24) is 10.2 Å². The van der Waals surface area contributed by atoms with E-state index in [1.165, 1.54) is 5.56 Å². The Morgan fingerprint density at radius 1 is 1.20 bits per heavy atom. The predicted molar refractivity (Wildman–Crippen MR) is 72.3 cm³/mol. The van der Waals surface area contributed by atoms with Gasteiger partial charge in [-0.15, -0.1) is 5.32 Å².